The monoisotopic (exact) mass is 429 g/mol. The summed E-state index contributed by atoms with van der Waals surface area (Å²) in [4.78, 5) is 26.3. The quantitative estimate of drug-likeness (QED) is 0.677. The minimum absolute atomic E-state index is 0.195. The van der Waals surface area contributed by atoms with Gasteiger partial charge in [0.1, 0.15) is 11.5 Å². The molecule has 0 atom stereocenters. The number of hydrogen-bond donors (Lipinski definition) is 0. The molecule has 4 rings (SSSR count). The Morgan fingerprint density at radius 3 is 2.59 bits per heavy atom. The predicted octanol–water partition coefficient (Wildman–Crippen LogP) is 3.90. The summed E-state index contributed by atoms with van der Waals surface area (Å²) < 4.78 is 17.3. The van der Waals surface area contributed by atoms with Crippen molar-refractivity contribution in [2.45, 2.75) is 0 Å². The second kappa shape index (κ2) is 7.54. The van der Waals surface area contributed by atoms with Crippen LogP contribution in [0.5, 0.6) is 11.5 Å². The molecule has 6 nitrogen and oxygen atoms in total. The SMILES string of the molecule is O=C1/C(=C/c2ccc(Br)cc2)Oc2cc(OC(=O)N3CCOCC3)ccc21. The fourth-order valence-electron chi connectivity index (χ4n) is 2.85. The summed E-state index contributed by atoms with van der Waals surface area (Å²) in [5, 5.41) is 0. The summed E-state index contributed by atoms with van der Waals surface area (Å²) in [6, 6.07) is 12.3. The number of nitrogens with zero attached hydrogens (tertiary/aromatic N) is 1. The molecule has 2 aliphatic heterocycles. The lowest BCUT2D eigenvalue weighted by atomic mass is 10.1. The van der Waals surface area contributed by atoms with E-state index >= 15 is 0 Å². The Balaban J connectivity index is 1.50. The number of ether oxygens (including phenoxy) is 3. The van der Waals surface area contributed by atoms with Crippen molar-refractivity contribution in [2.75, 3.05) is 26.3 Å². The Hall–Kier alpha value is -2.64. The van der Waals surface area contributed by atoms with Crippen LogP contribution in [0, 0.1) is 0 Å². The molecule has 0 aromatic heterocycles. The number of amides is 1. The maximum absolute atomic E-state index is 12.5. The van der Waals surface area contributed by atoms with Crippen LogP contribution in [0.15, 0.2) is 52.7 Å². The zero-order valence-electron chi connectivity index (χ0n) is 14.3. The van der Waals surface area contributed by atoms with E-state index in [1.165, 1.54) is 0 Å². The van der Waals surface area contributed by atoms with Gasteiger partial charge in [-0.1, -0.05) is 28.1 Å². The number of morpholine rings is 1. The van der Waals surface area contributed by atoms with Gasteiger partial charge in [-0.05, 0) is 35.9 Å². The molecule has 0 saturated carbocycles. The molecule has 2 aromatic carbocycles. The van der Waals surface area contributed by atoms with Crippen molar-refractivity contribution >= 4 is 33.9 Å². The average molecular weight is 430 g/mol. The number of halogens is 1. The maximum atomic E-state index is 12.5. The van der Waals surface area contributed by atoms with E-state index in [9.17, 15) is 9.59 Å². The zero-order chi connectivity index (χ0) is 18.8. The highest BCUT2D eigenvalue weighted by atomic mass is 79.9. The number of allylic oxidation sites excluding steroid dienone is 1. The minimum atomic E-state index is -0.437. The molecular formula is C20H16BrNO5. The van der Waals surface area contributed by atoms with Crippen molar-refractivity contribution < 1.29 is 23.8 Å². The summed E-state index contributed by atoms with van der Waals surface area (Å²) in [5.74, 6) is 0.765. The van der Waals surface area contributed by atoms with Crippen molar-refractivity contribution in [1.29, 1.82) is 0 Å². The van der Waals surface area contributed by atoms with E-state index in [0.717, 1.165) is 10.0 Å². The summed E-state index contributed by atoms with van der Waals surface area (Å²) in [7, 11) is 0. The first kappa shape index (κ1) is 17.8. The molecule has 0 unspecified atom stereocenters. The molecule has 1 amide bonds. The summed E-state index contributed by atoms with van der Waals surface area (Å²) in [6.45, 7) is 2.00. The third-order valence-electron chi connectivity index (χ3n) is 4.28. The van der Waals surface area contributed by atoms with Crippen molar-refractivity contribution in [2.24, 2.45) is 0 Å². The zero-order valence-corrected chi connectivity index (χ0v) is 15.9. The maximum Gasteiger partial charge on any atom is 0.415 e. The number of Topliss-reactive ketones (excluding diaryl/α,β-unsaturated/α-hetero) is 1. The van der Waals surface area contributed by atoms with Crippen LogP contribution in [-0.2, 0) is 4.74 Å². The van der Waals surface area contributed by atoms with Crippen molar-refractivity contribution in [3.63, 3.8) is 0 Å². The lowest BCUT2D eigenvalue weighted by Crippen LogP contribution is -2.42. The molecule has 0 bridgehead atoms. The largest absolute Gasteiger partial charge is 0.452 e. The van der Waals surface area contributed by atoms with Crippen molar-refractivity contribution in [3.8, 4) is 11.5 Å². The van der Waals surface area contributed by atoms with Gasteiger partial charge >= 0.3 is 6.09 Å². The molecule has 138 valence electrons. The minimum Gasteiger partial charge on any atom is -0.452 e. The highest BCUT2D eigenvalue weighted by molar-refractivity contribution is 9.10. The fraction of sp³-hybridized carbons (Fsp3) is 0.200. The molecule has 0 spiro atoms. The Bertz CT molecular complexity index is 916. The second-order valence-corrected chi connectivity index (χ2v) is 7.03. The lowest BCUT2D eigenvalue weighted by Gasteiger charge is -2.25. The highest BCUT2D eigenvalue weighted by Crippen LogP contribution is 2.35. The van der Waals surface area contributed by atoms with E-state index in [-0.39, 0.29) is 11.5 Å². The van der Waals surface area contributed by atoms with Crippen molar-refractivity contribution in [1.82, 2.24) is 4.90 Å². The number of hydrogen-bond acceptors (Lipinski definition) is 5. The molecule has 0 radical (unpaired) electrons. The normalized spacial score (nSPS) is 17.6. The van der Waals surface area contributed by atoms with Crippen LogP contribution >= 0.6 is 15.9 Å². The number of benzene rings is 2. The van der Waals surface area contributed by atoms with Crippen LogP contribution in [0.25, 0.3) is 6.08 Å². The first-order valence-electron chi connectivity index (χ1n) is 8.48. The van der Waals surface area contributed by atoms with Gasteiger partial charge in [-0.25, -0.2) is 4.79 Å². The van der Waals surface area contributed by atoms with Gasteiger partial charge in [-0.15, -0.1) is 0 Å². The third kappa shape index (κ3) is 3.89. The first-order chi connectivity index (χ1) is 13.1. The number of carbonyl (C=O) groups excluding carboxylic acids is 2. The van der Waals surface area contributed by atoms with Gasteiger partial charge in [-0.2, -0.15) is 0 Å². The Morgan fingerprint density at radius 2 is 1.85 bits per heavy atom. The molecule has 2 aromatic rings. The molecule has 27 heavy (non-hydrogen) atoms. The molecule has 2 heterocycles. The molecular weight excluding hydrogens is 414 g/mol. The summed E-state index contributed by atoms with van der Waals surface area (Å²) >= 11 is 3.38. The fourth-order valence-corrected chi connectivity index (χ4v) is 3.12. The van der Waals surface area contributed by atoms with E-state index in [4.69, 9.17) is 14.2 Å². The molecule has 0 aliphatic carbocycles. The third-order valence-corrected chi connectivity index (χ3v) is 4.81. The number of ketones is 1. The Kier molecular flexibility index (Phi) is 4.96. The average Bonchev–Trinajstić information content (AvgIpc) is 2.99. The van der Waals surface area contributed by atoms with Gasteiger partial charge in [-0.3, -0.25) is 4.79 Å². The molecule has 2 aliphatic rings. The van der Waals surface area contributed by atoms with E-state index in [1.807, 2.05) is 24.3 Å². The van der Waals surface area contributed by atoms with Crippen LogP contribution < -0.4 is 9.47 Å². The molecule has 7 heteroatoms. The van der Waals surface area contributed by atoms with Gasteiger partial charge in [0.2, 0.25) is 5.78 Å². The second-order valence-electron chi connectivity index (χ2n) is 6.12. The van der Waals surface area contributed by atoms with Gasteiger partial charge in [0.25, 0.3) is 0 Å². The lowest BCUT2D eigenvalue weighted by molar-refractivity contribution is 0.0416. The number of carbonyl (C=O) groups is 2. The van der Waals surface area contributed by atoms with Gasteiger partial charge in [0.15, 0.2) is 5.76 Å². The topological polar surface area (TPSA) is 65.1 Å². The number of rotatable bonds is 2. The van der Waals surface area contributed by atoms with E-state index in [2.05, 4.69) is 15.9 Å². The smallest absolute Gasteiger partial charge is 0.415 e. The van der Waals surface area contributed by atoms with Crippen LogP contribution in [0.4, 0.5) is 4.79 Å². The molecule has 1 saturated heterocycles. The van der Waals surface area contributed by atoms with Crippen molar-refractivity contribution in [3.05, 3.63) is 63.8 Å². The van der Waals surface area contributed by atoms with E-state index in [1.54, 1.807) is 29.2 Å². The van der Waals surface area contributed by atoms with Gasteiger partial charge < -0.3 is 19.1 Å². The van der Waals surface area contributed by atoms with Crippen LogP contribution in [-0.4, -0.2) is 43.1 Å². The number of fused-ring (bicyclic) bond motifs is 1. The standard InChI is InChI=1S/C20H16BrNO5/c21-14-3-1-13(2-4-14)11-18-19(23)16-6-5-15(12-17(16)27-18)26-20(24)22-7-9-25-10-8-22/h1-6,11-12H,7-10H2/b18-11-. The van der Waals surface area contributed by atoms with E-state index in [0.29, 0.717) is 43.4 Å². The Morgan fingerprint density at radius 1 is 1.11 bits per heavy atom. The Labute approximate surface area is 164 Å². The molecule has 0 N–H and O–H groups in total. The predicted molar refractivity (Wildman–Crippen MR) is 102 cm³/mol. The van der Waals surface area contributed by atoms with Crippen LogP contribution in [0.2, 0.25) is 0 Å². The first-order valence-corrected chi connectivity index (χ1v) is 9.28. The highest BCUT2D eigenvalue weighted by Gasteiger charge is 2.28. The van der Waals surface area contributed by atoms with Crippen LogP contribution in [0.3, 0.4) is 0 Å². The molecule has 1 fully saturated rings. The van der Waals surface area contributed by atoms with Gasteiger partial charge in [0, 0.05) is 23.6 Å². The summed E-state index contributed by atoms with van der Waals surface area (Å²) in [6.07, 6.45) is 1.25. The summed E-state index contributed by atoms with van der Waals surface area (Å²) in [5.41, 5.74) is 1.30. The van der Waals surface area contributed by atoms with Gasteiger partial charge in [0.05, 0.1) is 18.8 Å². The van der Waals surface area contributed by atoms with Crippen LogP contribution in [0.1, 0.15) is 15.9 Å². The van der Waals surface area contributed by atoms with E-state index < -0.39 is 6.09 Å².